The van der Waals surface area contributed by atoms with Crippen LogP contribution in [0.5, 0.6) is 0 Å². The van der Waals surface area contributed by atoms with Crippen LogP contribution in [0.25, 0.3) is 6.08 Å². The van der Waals surface area contributed by atoms with Crippen LogP contribution in [0.3, 0.4) is 0 Å². The van der Waals surface area contributed by atoms with Crippen molar-refractivity contribution in [3.05, 3.63) is 29.3 Å². The summed E-state index contributed by atoms with van der Waals surface area (Å²) in [5.74, 6) is 0.625. The predicted molar refractivity (Wildman–Crippen MR) is 79.9 cm³/mol. The van der Waals surface area contributed by atoms with E-state index in [2.05, 4.69) is 9.97 Å². The van der Waals surface area contributed by atoms with Crippen LogP contribution in [0.15, 0.2) is 17.7 Å². The van der Waals surface area contributed by atoms with Crippen LogP contribution in [0.4, 0.5) is 0 Å². The van der Waals surface area contributed by atoms with Crippen LogP contribution in [0, 0.1) is 6.92 Å². The lowest BCUT2D eigenvalue weighted by molar-refractivity contribution is 0.00578. The maximum absolute atomic E-state index is 5.99. The molecule has 1 fully saturated rings. The molecular formula is C14H22BN3O2. The van der Waals surface area contributed by atoms with Crippen LogP contribution < -0.4 is 5.73 Å². The minimum Gasteiger partial charge on any atom is -0.400 e. The Morgan fingerprint density at radius 2 is 1.90 bits per heavy atom. The first-order valence-electron chi connectivity index (χ1n) is 6.81. The van der Waals surface area contributed by atoms with Crippen LogP contribution in [0.2, 0.25) is 0 Å². The number of aromatic nitrogens is 2. The maximum atomic E-state index is 5.99. The van der Waals surface area contributed by atoms with E-state index in [0.717, 1.165) is 11.2 Å². The topological polar surface area (TPSA) is 70.3 Å². The summed E-state index contributed by atoms with van der Waals surface area (Å²) in [6, 6.07) is 1.86. The van der Waals surface area contributed by atoms with Crippen molar-refractivity contribution in [1.29, 1.82) is 0 Å². The van der Waals surface area contributed by atoms with E-state index in [1.54, 1.807) is 6.20 Å². The number of rotatable bonds is 3. The van der Waals surface area contributed by atoms with E-state index in [4.69, 9.17) is 15.0 Å². The Morgan fingerprint density at radius 1 is 1.30 bits per heavy atom. The van der Waals surface area contributed by atoms with Crippen molar-refractivity contribution < 1.29 is 9.31 Å². The summed E-state index contributed by atoms with van der Waals surface area (Å²) in [5.41, 5.74) is 6.84. The number of hydrogen-bond acceptors (Lipinski definition) is 5. The van der Waals surface area contributed by atoms with Gasteiger partial charge >= 0.3 is 7.12 Å². The van der Waals surface area contributed by atoms with E-state index in [9.17, 15) is 0 Å². The van der Waals surface area contributed by atoms with Gasteiger partial charge in [0.1, 0.15) is 0 Å². The third-order valence-electron chi connectivity index (χ3n) is 3.92. The van der Waals surface area contributed by atoms with Crippen LogP contribution in [-0.2, 0) is 9.31 Å². The molecule has 0 aliphatic carbocycles. The van der Waals surface area contributed by atoms with Crippen LogP contribution in [-0.4, -0.2) is 34.8 Å². The van der Waals surface area contributed by atoms with E-state index in [-0.39, 0.29) is 11.2 Å². The number of nitrogens with zero attached hydrogens (tertiary/aromatic N) is 2. The lowest BCUT2D eigenvalue weighted by Gasteiger charge is -2.32. The zero-order valence-corrected chi connectivity index (χ0v) is 12.8. The highest BCUT2D eigenvalue weighted by atomic mass is 16.7. The number of nitrogens with two attached hydrogens (primary N) is 1. The molecule has 20 heavy (non-hydrogen) atoms. The van der Waals surface area contributed by atoms with Gasteiger partial charge in [-0.15, -0.1) is 0 Å². The lowest BCUT2D eigenvalue weighted by Crippen LogP contribution is -2.41. The summed E-state index contributed by atoms with van der Waals surface area (Å²) in [7, 11) is -0.450. The smallest absolute Gasteiger partial charge is 0.400 e. The van der Waals surface area contributed by atoms with Gasteiger partial charge in [-0.05, 0) is 52.2 Å². The van der Waals surface area contributed by atoms with Crippen molar-refractivity contribution in [2.24, 2.45) is 5.73 Å². The Balaban J connectivity index is 2.26. The molecule has 0 radical (unpaired) electrons. The van der Waals surface area contributed by atoms with Gasteiger partial charge in [0.15, 0.2) is 5.82 Å². The Morgan fingerprint density at radius 3 is 2.40 bits per heavy atom. The molecule has 1 aromatic rings. The van der Waals surface area contributed by atoms with Crippen LogP contribution >= 0.6 is 0 Å². The zero-order valence-electron chi connectivity index (χ0n) is 12.8. The second-order valence-corrected chi connectivity index (χ2v) is 6.07. The number of hydrogen-bond donors (Lipinski definition) is 1. The van der Waals surface area contributed by atoms with E-state index >= 15 is 0 Å². The van der Waals surface area contributed by atoms with Crippen molar-refractivity contribution in [3.8, 4) is 0 Å². The van der Waals surface area contributed by atoms with Gasteiger partial charge in [0.25, 0.3) is 0 Å². The molecule has 5 nitrogen and oxygen atoms in total. The molecule has 6 heteroatoms. The minimum atomic E-state index is -0.450. The normalized spacial score (nSPS) is 21.3. The van der Waals surface area contributed by atoms with Gasteiger partial charge in [-0.3, -0.25) is 0 Å². The van der Waals surface area contributed by atoms with Crippen molar-refractivity contribution in [3.63, 3.8) is 0 Å². The highest BCUT2D eigenvalue weighted by molar-refractivity contribution is 6.55. The Labute approximate surface area is 120 Å². The summed E-state index contributed by atoms with van der Waals surface area (Å²) in [6.07, 6.45) is 3.57. The molecule has 0 amide bonds. The summed E-state index contributed by atoms with van der Waals surface area (Å²) in [4.78, 5) is 8.57. The first-order valence-corrected chi connectivity index (χ1v) is 6.81. The molecule has 1 aliphatic heterocycles. The van der Waals surface area contributed by atoms with E-state index < -0.39 is 7.12 Å². The third-order valence-corrected chi connectivity index (χ3v) is 3.92. The van der Waals surface area contributed by atoms with E-state index in [1.807, 2.05) is 46.8 Å². The SMILES string of the molecule is Cc1ccnc(C=C(CN)B2OC(C)(C)C(C)(C)O2)n1. The second kappa shape index (κ2) is 5.28. The monoisotopic (exact) mass is 275 g/mol. The summed E-state index contributed by atoms with van der Waals surface area (Å²) in [5, 5.41) is 0. The molecule has 0 spiro atoms. The molecule has 0 aromatic carbocycles. The third kappa shape index (κ3) is 2.92. The largest absolute Gasteiger partial charge is 0.491 e. The van der Waals surface area contributed by atoms with Crippen molar-refractivity contribution >= 4 is 13.2 Å². The standard InChI is InChI=1S/C14H22BN3O2/c1-10-6-7-17-12(18-10)8-11(9-16)15-19-13(2,3)14(4,5)20-15/h6-8H,9,16H2,1-5H3. The maximum Gasteiger partial charge on any atom is 0.491 e. The molecule has 0 unspecified atom stereocenters. The molecule has 1 aliphatic rings. The molecule has 1 aromatic heterocycles. The molecule has 108 valence electrons. The average Bonchev–Trinajstić information content (AvgIpc) is 2.55. The zero-order chi connectivity index (χ0) is 15.0. The molecule has 2 rings (SSSR count). The Hall–Kier alpha value is -1.24. The van der Waals surface area contributed by atoms with Gasteiger partial charge in [-0.25, -0.2) is 9.97 Å². The van der Waals surface area contributed by atoms with Crippen LogP contribution in [0.1, 0.15) is 39.2 Å². The molecule has 0 saturated carbocycles. The number of aryl methyl sites for hydroxylation is 1. The molecule has 1 saturated heterocycles. The summed E-state index contributed by atoms with van der Waals surface area (Å²) < 4.78 is 12.0. The van der Waals surface area contributed by atoms with Gasteiger partial charge in [-0.1, -0.05) is 0 Å². The molecule has 2 heterocycles. The molecule has 2 N–H and O–H groups in total. The van der Waals surface area contributed by atoms with Crippen molar-refractivity contribution in [1.82, 2.24) is 9.97 Å². The Kier molecular flexibility index (Phi) is 4.00. The summed E-state index contributed by atoms with van der Waals surface area (Å²) >= 11 is 0. The van der Waals surface area contributed by atoms with Gasteiger partial charge in [0.2, 0.25) is 0 Å². The lowest BCUT2D eigenvalue weighted by atomic mass is 9.78. The first kappa shape index (κ1) is 15.2. The highest BCUT2D eigenvalue weighted by Crippen LogP contribution is 2.38. The van der Waals surface area contributed by atoms with Gasteiger partial charge < -0.3 is 15.0 Å². The quantitative estimate of drug-likeness (QED) is 0.851. The fraction of sp³-hybridized carbons (Fsp3) is 0.571. The first-order chi connectivity index (χ1) is 9.25. The summed E-state index contributed by atoms with van der Waals surface area (Å²) in [6.45, 7) is 10.3. The minimum absolute atomic E-state index is 0.341. The fourth-order valence-corrected chi connectivity index (χ4v) is 1.92. The molecule has 0 atom stereocenters. The average molecular weight is 275 g/mol. The second-order valence-electron chi connectivity index (χ2n) is 6.07. The van der Waals surface area contributed by atoms with E-state index in [0.29, 0.717) is 12.4 Å². The van der Waals surface area contributed by atoms with Gasteiger partial charge in [0.05, 0.1) is 11.2 Å². The fourth-order valence-electron chi connectivity index (χ4n) is 1.92. The predicted octanol–water partition coefficient (Wildman–Crippen LogP) is 1.76. The van der Waals surface area contributed by atoms with Gasteiger partial charge in [0, 0.05) is 18.4 Å². The molecular weight excluding hydrogens is 253 g/mol. The van der Waals surface area contributed by atoms with Crippen molar-refractivity contribution in [2.45, 2.75) is 45.8 Å². The Bertz CT molecular complexity index is 513. The molecule has 0 bridgehead atoms. The van der Waals surface area contributed by atoms with Gasteiger partial charge in [-0.2, -0.15) is 0 Å². The van der Waals surface area contributed by atoms with Crippen molar-refractivity contribution in [2.75, 3.05) is 6.54 Å². The van der Waals surface area contributed by atoms with E-state index in [1.165, 1.54) is 0 Å². The highest BCUT2D eigenvalue weighted by Gasteiger charge is 2.52.